The molecular formula is C26H23N3O2. The zero-order valence-electron chi connectivity index (χ0n) is 17.4. The van der Waals surface area contributed by atoms with Crippen molar-refractivity contribution in [1.82, 2.24) is 9.88 Å². The molecule has 0 aliphatic carbocycles. The van der Waals surface area contributed by atoms with Crippen LogP contribution in [-0.2, 0) is 4.79 Å². The Hall–Kier alpha value is -3.86. The van der Waals surface area contributed by atoms with E-state index in [1.165, 1.54) is 0 Å². The van der Waals surface area contributed by atoms with Gasteiger partial charge in [0.25, 0.3) is 5.91 Å². The van der Waals surface area contributed by atoms with Crippen molar-refractivity contribution in [1.29, 1.82) is 0 Å². The zero-order valence-corrected chi connectivity index (χ0v) is 17.4. The Balaban J connectivity index is 1.55. The maximum Gasteiger partial charge on any atom is 0.255 e. The number of H-pyrrole nitrogens is 1. The Morgan fingerprint density at radius 3 is 2.48 bits per heavy atom. The number of benzene rings is 3. The van der Waals surface area contributed by atoms with Crippen LogP contribution in [0.15, 0.2) is 79.0 Å². The molecular weight excluding hydrogens is 386 g/mol. The molecule has 2 atom stereocenters. The number of fused-ring (bicyclic) bond motifs is 2. The number of aromatic nitrogens is 1. The van der Waals surface area contributed by atoms with Gasteiger partial charge in [0.1, 0.15) is 6.04 Å². The number of carbonyl (C=O) groups excluding carboxylic acids is 2. The van der Waals surface area contributed by atoms with Gasteiger partial charge in [-0.2, -0.15) is 0 Å². The molecule has 0 saturated carbocycles. The Bertz CT molecular complexity index is 1290. The van der Waals surface area contributed by atoms with Crippen LogP contribution < -0.4 is 5.32 Å². The molecule has 31 heavy (non-hydrogen) atoms. The number of aromatic amines is 1. The second-order valence-electron chi connectivity index (χ2n) is 8.02. The minimum Gasteiger partial charge on any atom is -0.361 e. The van der Waals surface area contributed by atoms with E-state index in [2.05, 4.69) is 10.3 Å². The van der Waals surface area contributed by atoms with Crippen molar-refractivity contribution in [2.24, 2.45) is 0 Å². The maximum atomic E-state index is 13.4. The summed E-state index contributed by atoms with van der Waals surface area (Å²) in [6.07, 6.45) is 1.95. The quantitative estimate of drug-likeness (QED) is 0.495. The Morgan fingerprint density at radius 2 is 1.68 bits per heavy atom. The van der Waals surface area contributed by atoms with Crippen LogP contribution in [0.2, 0.25) is 0 Å². The van der Waals surface area contributed by atoms with Crippen LogP contribution in [0.25, 0.3) is 10.9 Å². The summed E-state index contributed by atoms with van der Waals surface area (Å²) in [5.41, 5.74) is 5.40. The van der Waals surface area contributed by atoms with E-state index in [-0.39, 0.29) is 17.9 Å². The molecule has 1 aromatic heterocycles. The van der Waals surface area contributed by atoms with Crippen molar-refractivity contribution in [3.05, 3.63) is 101 Å². The molecule has 2 N–H and O–H groups in total. The van der Waals surface area contributed by atoms with Crippen LogP contribution in [0.1, 0.15) is 40.0 Å². The fourth-order valence-electron chi connectivity index (χ4n) is 4.38. The maximum absolute atomic E-state index is 13.4. The van der Waals surface area contributed by atoms with E-state index in [0.29, 0.717) is 5.56 Å². The van der Waals surface area contributed by atoms with Crippen molar-refractivity contribution >= 4 is 28.4 Å². The predicted octanol–water partition coefficient (Wildman–Crippen LogP) is 5.05. The van der Waals surface area contributed by atoms with Crippen LogP contribution >= 0.6 is 0 Å². The van der Waals surface area contributed by atoms with E-state index >= 15 is 0 Å². The van der Waals surface area contributed by atoms with Crippen LogP contribution in [0.5, 0.6) is 0 Å². The van der Waals surface area contributed by atoms with E-state index < -0.39 is 6.04 Å². The summed E-state index contributed by atoms with van der Waals surface area (Å²) in [6.45, 7) is 3.79. The van der Waals surface area contributed by atoms with E-state index in [1.807, 2.05) is 85.9 Å². The van der Waals surface area contributed by atoms with E-state index in [0.717, 1.165) is 33.3 Å². The number of anilines is 1. The molecule has 0 saturated heterocycles. The number of nitrogens with one attached hydrogen (secondary N) is 2. The zero-order chi connectivity index (χ0) is 21.5. The number of nitrogens with zero attached hydrogens (tertiary/aromatic N) is 1. The first-order chi connectivity index (χ1) is 15.0. The first-order valence-electron chi connectivity index (χ1n) is 10.4. The number of para-hydroxylation sites is 1. The highest BCUT2D eigenvalue weighted by atomic mass is 16.2. The highest BCUT2D eigenvalue weighted by molar-refractivity contribution is 6.05. The molecule has 154 valence electrons. The number of rotatable bonds is 4. The third-order valence-electron chi connectivity index (χ3n) is 6.03. The molecule has 5 heteroatoms. The molecule has 2 unspecified atom stereocenters. The lowest BCUT2D eigenvalue weighted by atomic mass is 9.97. The fraction of sp³-hybridized carbons (Fsp3) is 0.154. The monoisotopic (exact) mass is 409 g/mol. The first-order valence-corrected chi connectivity index (χ1v) is 10.4. The Kier molecular flexibility index (Phi) is 4.59. The Labute approximate surface area is 180 Å². The highest BCUT2D eigenvalue weighted by Gasteiger charge is 2.43. The van der Waals surface area contributed by atoms with Gasteiger partial charge in [-0.25, -0.2) is 0 Å². The number of carbonyl (C=O) groups is 2. The van der Waals surface area contributed by atoms with E-state index in [1.54, 1.807) is 11.8 Å². The minimum atomic E-state index is -0.653. The Morgan fingerprint density at radius 1 is 0.968 bits per heavy atom. The molecule has 1 aliphatic rings. The lowest BCUT2D eigenvalue weighted by Crippen LogP contribution is -2.44. The number of hydrogen-bond donors (Lipinski definition) is 2. The molecule has 3 aromatic carbocycles. The van der Waals surface area contributed by atoms with Crippen LogP contribution in [0.3, 0.4) is 0 Å². The topological polar surface area (TPSA) is 65.2 Å². The largest absolute Gasteiger partial charge is 0.361 e. The minimum absolute atomic E-state index is 0.127. The van der Waals surface area contributed by atoms with Crippen molar-refractivity contribution in [3.8, 4) is 0 Å². The lowest BCUT2D eigenvalue weighted by Gasteiger charge is -2.30. The summed E-state index contributed by atoms with van der Waals surface area (Å²) < 4.78 is 0. The molecule has 5 nitrogen and oxygen atoms in total. The van der Waals surface area contributed by atoms with Crippen LogP contribution in [0, 0.1) is 6.92 Å². The van der Waals surface area contributed by atoms with Gasteiger partial charge >= 0.3 is 0 Å². The predicted molar refractivity (Wildman–Crippen MR) is 122 cm³/mol. The first kappa shape index (κ1) is 19.1. The summed E-state index contributed by atoms with van der Waals surface area (Å²) in [7, 11) is 0. The summed E-state index contributed by atoms with van der Waals surface area (Å²) in [5, 5.41) is 4.00. The molecule has 1 aliphatic heterocycles. The van der Waals surface area contributed by atoms with Gasteiger partial charge in [0, 0.05) is 33.9 Å². The van der Waals surface area contributed by atoms with Gasteiger partial charge in [-0.15, -0.1) is 0 Å². The van der Waals surface area contributed by atoms with Crippen molar-refractivity contribution < 1.29 is 9.59 Å². The van der Waals surface area contributed by atoms with Crippen LogP contribution in [0.4, 0.5) is 5.69 Å². The molecule has 5 rings (SSSR count). The molecule has 4 aromatic rings. The van der Waals surface area contributed by atoms with E-state index in [4.69, 9.17) is 0 Å². The van der Waals surface area contributed by atoms with Crippen molar-refractivity contribution in [3.63, 3.8) is 0 Å². The average Bonchev–Trinajstić information content (AvgIpc) is 3.33. The van der Waals surface area contributed by atoms with Gasteiger partial charge in [0.15, 0.2) is 0 Å². The summed E-state index contributed by atoms with van der Waals surface area (Å²) in [6, 6.07) is 22.3. The average molecular weight is 409 g/mol. The molecule has 2 heterocycles. The van der Waals surface area contributed by atoms with Crippen molar-refractivity contribution in [2.45, 2.75) is 25.9 Å². The fourth-order valence-corrected chi connectivity index (χ4v) is 4.38. The third kappa shape index (κ3) is 3.19. The highest BCUT2D eigenvalue weighted by Crippen LogP contribution is 2.42. The second-order valence-corrected chi connectivity index (χ2v) is 8.02. The van der Waals surface area contributed by atoms with Gasteiger partial charge in [-0.05, 0) is 43.7 Å². The molecule has 0 spiro atoms. The second kappa shape index (κ2) is 7.43. The van der Waals surface area contributed by atoms with Gasteiger partial charge in [0.2, 0.25) is 5.91 Å². The van der Waals surface area contributed by atoms with Crippen LogP contribution in [-0.4, -0.2) is 27.7 Å². The SMILES string of the molecule is Cc1ccc(NC(=O)C(C)N2C(=O)c3ccccc3C2c2c[nH]c3ccccc23)cc1. The molecule has 0 fully saturated rings. The normalized spacial score (nSPS) is 16.4. The van der Waals surface area contributed by atoms with Gasteiger partial charge in [-0.3, -0.25) is 9.59 Å². The standard InChI is InChI=1S/C26H23N3O2/c1-16-11-13-18(14-12-16)28-25(30)17(2)29-24(20-8-3-4-9-21(20)26(29)31)22-15-27-23-10-6-5-7-19(22)23/h3-15,17,24,27H,1-2H3,(H,28,30). The number of aryl methyl sites for hydroxylation is 1. The van der Waals surface area contributed by atoms with Crippen molar-refractivity contribution in [2.75, 3.05) is 5.32 Å². The molecule has 0 radical (unpaired) electrons. The smallest absolute Gasteiger partial charge is 0.255 e. The summed E-state index contributed by atoms with van der Waals surface area (Å²) in [4.78, 5) is 31.6. The third-order valence-corrected chi connectivity index (χ3v) is 6.03. The molecule has 2 amide bonds. The number of hydrogen-bond acceptors (Lipinski definition) is 2. The summed E-state index contributed by atoms with van der Waals surface area (Å²) in [5.74, 6) is -0.340. The summed E-state index contributed by atoms with van der Waals surface area (Å²) >= 11 is 0. The van der Waals surface area contributed by atoms with Gasteiger partial charge in [0.05, 0.1) is 6.04 Å². The van der Waals surface area contributed by atoms with Gasteiger partial charge in [-0.1, -0.05) is 54.1 Å². The molecule has 0 bridgehead atoms. The lowest BCUT2D eigenvalue weighted by molar-refractivity contribution is -0.120. The van der Waals surface area contributed by atoms with Gasteiger partial charge < -0.3 is 15.2 Å². The van der Waals surface area contributed by atoms with E-state index in [9.17, 15) is 9.59 Å². The number of amides is 2.